The number of aryl methyl sites for hydroxylation is 2. The predicted octanol–water partition coefficient (Wildman–Crippen LogP) is 3.05. The third kappa shape index (κ3) is 3.85. The van der Waals surface area contributed by atoms with Crippen LogP contribution in [0.2, 0.25) is 0 Å². The zero-order chi connectivity index (χ0) is 21.3. The largest absolute Gasteiger partial charge is 0.494 e. The predicted molar refractivity (Wildman–Crippen MR) is 118 cm³/mol. The Morgan fingerprint density at radius 1 is 1.10 bits per heavy atom. The Bertz CT molecular complexity index is 1110. The average molecular weight is 409 g/mol. The standard InChI is InChI=1S/C23H28N4O3/c1-4-30-18-10-7-16(8-11-18)19-6-5-13-27(19)15-22(28)24-17-9-12-20-21(14-17)26(3)23(29)25(20)2/h7-12,14,19H,4-6,13,15H2,1-3H3,(H,24,28). The molecule has 0 bridgehead atoms. The van der Waals surface area contributed by atoms with Crippen molar-refractivity contribution in [2.75, 3.05) is 25.0 Å². The first-order valence-electron chi connectivity index (χ1n) is 10.4. The molecule has 1 saturated heterocycles. The van der Waals surface area contributed by atoms with E-state index in [0.29, 0.717) is 18.8 Å². The van der Waals surface area contributed by atoms with Crippen molar-refractivity contribution < 1.29 is 9.53 Å². The molecule has 3 aromatic rings. The lowest BCUT2D eigenvalue weighted by atomic mass is 10.0. The highest BCUT2D eigenvalue weighted by atomic mass is 16.5. The van der Waals surface area contributed by atoms with Crippen LogP contribution in [0, 0.1) is 0 Å². The fourth-order valence-electron chi connectivity index (χ4n) is 4.32. The van der Waals surface area contributed by atoms with Gasteiger partial charge in [0.25, 0.3) is 0 Å². The van der Waals surface area contributed by atoms with Gasteiger partial charge in [-0.2, -0.15) is 0 Å². The summed E-state index contributed by atoms with van der Waals surface area (Å²) in [5.74, 6) is 0.822. The van der Waals surface area contributed by atoms with E-state index in [1.54, 1.807) is 23.2 Å². The van der Waals surface area contributed by atoms with Crippen LogP contribution in [0.1, 0.15) is 31.4 Å². The van der Waals surface area contributed by atoms with Gasteiger partial charge >= 0.3 is 5.69 Å². The molecular formula is C23H28N4O3. The van der Waals surface area contributed by atoms with Gasteiger partial charge in [0.2, 0.25) is 5.91 Å². The van der Waals surface area contributed by atoms with Gasteiger partial charge in [0, 0.05) is 25.8 Å². The van der Waals surface area contributed by atoms with Gasteiger partial charge in [-0.25, -0.2) is 4.79 Å². The minimum Gasteiger partial charge on any atom is -0.494 e. The summed E-state index contributed by atoms with van der Waals surface area (Å²) in [6.07, 6.45) is 2.11. The molecule has 1 unspecified atom stereocenters. The fraction of sp³-hybridized carbons (Fsp3) is 0.391. The molecule has 1 amide bonds. The van der Waals surface area contributed by atoms with Crippen LogP contribution in [0.4, 0.5) is 5.69 Å². The number of hydrogen-bond acceptors (Lipinski definition) is 4. The van der Waals surface area contributed by atoms with Crippen LogP contribution in [0.5, 0.6) is 5.75 Å². The van der Waals surface area contributed by atoms with E-state index in [9.17, 15) is 9.59 Å². The monoisotopic (exact) mass is 408 g/mol. The smallest absolute Gasteiger partial charge is 0.328 e. The van der Waals surface area contributed by atoms with Crippen LogP contribution in [-0.2, 0) is 18.9 Å². The topological polar surface area (TPSA) is 68.5 Å². The quantitative estimate of drug-likeness (QED) is 0.681. The highest BCUT2D eigenvalue weighted by molar-refractivity contribution is 5.94. The minimum absolute atomic E-state index is 0.0480. The van der Waals surface area contributed by atoms with Crippen molar-refractivity contribution in [2.45, 2.75) is 25.8 Å². The average Bonchev–Trinajstić information content (AvgIpc) is 3.28. The van der Waals surface area contributed by atoms with Crippen molar-refractivity contribution >= 4 is 22.6 Å². The maximum atomic E-state index is 12.7. The van der Waals surface area contributed by atoms with Gasteiger partial charge in [0.05, 0.1) is 24.2 Å². The first-order chi connectivity index (χ1) is 14.5. The first-order valence-corrected chi connectivity index (χ1v) is 10.4. The van der Waals surface area contributed by atoms with E-state index in [1.807, 2.05) is 37.3 Å². The molecule has 1 aliphatic heterocycles. The zero-order valence-corrected chi connectivity index (χ0v) is 17.7. The van der Waals surface area contributed by atoms with Gasteiger partial charge in [0.1, 0.15) is 5.75 Å². The van der Waals surface area contributed by atoms with Gasteiger partial charge in [0.15, 0.2) is 0 Å². The molecule has 1 aromatic heterocycles. The second kappa shape index (κ2) is 8.36. The Balaban J connectivity index is 1.44. The molecule has 1 N–H and O–H groups in total. The van der Waals surface area contributed by atoms with Gasteiger partial charge in [-0.05, 0) is 62.2 Å². The van der Waals surface area contributed by atoms with Crippen LogP contribution < -0.4 is 15.7 Å². The summed E-state index contributed by atoms with van der Waals surface area (Å²) in [7, 11) is 3.49. The summed E-state index contributed by atoms with van der Waals surface area (Å²) in [5.41, 5.74) is 3.48. The van der Waals surface area contributed by atoms with E-state index in [2.05, 4.69) is 22.3 Å². The summed E-state index contributed by atoms with van der Waals surface area (Å²) < 4.78 is 8.72. The second-order valence-electron chi connectivity index (χ2n) is 7.78. The minimum atomic E-state index is -0.0799. The summed E-state index contributed by atoms with van der Waals surface area (Å²) in [4.78, 5) is 27.1. The summed E-state index contributed by atoms with van der Waals surface area (Å²) in [6, 6.07) is 14.0. The lowest BCUT2D eigenvalue weighted by molar-refractivity contribution is -0.117. The Morgan fingerprint density at radius 2 is 1.83 bits per heavy atom. The highest BCUT2D eigenvalue weighted by Gasteiger charge is 2.27. The zero-order valence-electron chi connectivity index (χ0n) is 17.7. The molecule has 30 heavy (non-hydrogen) atoms. The van der Waals surface area contributed by atoms with Gasteiger partial charge < -0.3 is 10.1 Å². The molecule has 7 nitrogen and oxygen atoms in total. The number of amides is 1. The Morgan fingerprint density at radius 3 is 2.57 bits per heavy atom. The molecule has 0 saturated carbocycles. The molecule has 1 aliphatic rings. The van der Waals surface area contributed by atoms with E-state index < -0.39 is 0 Å². The molecule has 7 heteroatoms. The van der Waals surface area contributed by atoms with E-state index in [-0.39, 0.29) is 17.6 Å². The Labute approximate surface area is 175 Å². The lowest BCUT2D eigenvalue weighted by Gasteiger charge is -2.24. The second-order valence-corrected chi connectivity index (χ2v) is 7.78. The summed E-state index contributed by atoms with van der Waals surface area (Å²) >= 11 is 0. The number of nitrogens with zero attached hydrogens (tertiary/aromatic N) is 3. The molecule has 158 valence electrons. The number of aromatic nitrogens is 2. The van der Waals surface area contributed by atoms with Gasteiger partial charge in [-0.1, -0.05) is 12.1 Å². The number of fused-ring (bicyclic) bond motifs is 1. The van der Waals surface area contributed by atoms with Crippen LogP contribution in [0.15, 0.2) is 47.3 Å². The third-order valence-electron chi connectivity index (χ3n) is 5.84. The molecule has 2 heterocycles. The number of carbonyl (C=O) groups excluding carboxylic acids is 1. The first kappa shape index (κ1) is 20.2. The van der Waals surface area contributed by atoms with Gasteiger partial charge in [-0.15, -0.1) is 0 Å². The number of hydrogen-bond donors (Lipinski definition) is 1. The number of rotatable bonds is 6. The lowest BCUT2D eigenvalue weighted by Crippen LogP contribution is -2.32. The van der Waals surface area contributed by atoms with Crippen LogP contribution in [0.25, 0.3) is 11.0 Å². The number of carbonyl (C=O) groups is 1. The molecule has 0 aliphatic carbocycles. The highest BCUT2D eigenvalue weighted by Crippen LogP contribution is 2.32. The van der Waals surface area contributed by atoms with Crippen LogP contribution in [-0.4, -0.2) is 39.6 Å². The van der Waals surface area contributed by atoms with Gasteiger partial charge in [-0.3, -0.25) is 18.8 Å². The Kier molecular flexibility index (Phi) is 5.63. The van der Waals surface area contributed by atoms with E-state index in [0.717, 1.165) is 36.2 Å². The molecule has 2 aromatic carbocycles. The van der Waals surface area contributed by atoms with E-state index in [1.165, 1.54) is 5.56 Å². The van der Waals surface area contributed by atoms with Crippen molar-refractivity contribution in [3.8, 4) is 5.75 Å². The number of nitrogens with one attached hydrogen (secondary N) is 1. The third-order valence-corrected chi connectivity index (χ3v) is 5.84. The number of anilines is 1. The maximum Gasteiger partial charge on any atom is 0.328 e. The maximum absolute atomic E-state index is 12.7. The molecule has 0 spiro atoms. The van der Waals surface area contributed by atoms with Crippen molar-refractivity contribution in [2.24, 2.45) is 14.1 Å². The normalized spacial score (nSPS) is 16.8. The fourth-order valence-corrected chi connectivity index (χ4v) is 4.32. The van der Waals surface area contributed by atoms with Crippen molar-refractivity contribution in [3.63, 3.8) is 0 Å². The summed E-state index contributed by atoms with van der Waals surface area (Å²) in [6.45, 7) is 3.86. The molecule has 1 fully saturated rings. The van der Waals surface area contributed by atoms with Crippen LogP contribution in [0.3, 0.4) is 0 Å². The van der Waals surface area contributed by atoms with Crippen LogP contribution >= 0.6 is 0 Å². The molecular weight excluding hydrogens is 380 g/mol. The van der Waals surface area contributed by atoms with E-state index in [4.69, 9.17) is 4.74 Å². The Hall–Kier alpha value is -3.06. The number of imidazole rings is 1. The van der Waals surface area contributed by atoms with Crippen molar-refractivity contribution in [1.29, 1.82) is 0 Å². The molecule has 0 radical (unpaired) electrons. The summed E-state index contributed by atoms with van der Waals surface area (Å²) in [5, 5.41) is 2.99. The molecule has 1 atom stereocenters. The van der Waals surface area contributed by atoms with Crippen molar-refractivity contribution in [1.82, 2.24) is 14.0 Å². The number of likely N-dealkylation sites (tertiary alicyclic amines) is 1. The SMILES string of the molecule is CCOc1ccc(C2CCCN2CC(=O)Nc2ccc3c(c2)n(C)c(=O)n3C)cc1. The van der Waals surface area contributed by atoms with Crippen molar-refractivity contribution in [3.05, 3.63) is 58.5 Å². The number of ether oxygens (including phenoxy) is 1. The van der Waals surface area contributed by atoms with E-state index >= 15 is 0 Å². The molecule has 4 rings (SSSR count). The number of benzene rings is 2.